The lowest BCUT2D eigenvalue weighted by Crippen LogP contribution is -2.37. The van der Waals surface area contributed by atoms with E-state index in [9.17, 15) is 0 Å². The molecule has 0 amide bonds. The molecule has 0 N–H and O–H groups in total. The molecular formula is C14H28O. The van der Waals surface area contributed by atoms with Crippen molar-refractivity contribution >= 4 is 0 Å². The molecule has 0 radical (unpaired) electrons. The molecule has 1 nitrogen and oxygen atoms in total. The van der Waals surface area contributed by atoms with Crippen LogP contribution in [0.3, 0.4) is 0 Å². The van der Waals surface area contributed by atoms with E-state index in [1.54, 1.807) is 0 Å². The second kappa shape index (κ2) is 4.45. The fourth-order valence-electron chi connectivity index (χ4n) is 2.92. The minimum Gasteiger partial charge on any atom is -0.381 e. The fraction of sp³-hybridized carbons (Fsp3) is 1.00. The lowest BCUT2D eigenvalue weighted by molar-refractivity contribution is -0.0370. The van der Waals surface area contributed by atoms with Crippen LogP contribution in [0.4, 0.5) is 0 Å². The smallest absolute Gasteiger partial charge is 0.0497 e. The first-order valence-corrected chi connectivity index (χ1v) is 6.28. The highest BCUT2D eigenvalue weighted by Crippen LogP contribution is 2.42. The van der Waals surface area contributed by atoms with E-state index >= 15 is 0 Å². The van der Waals surface area contributed by atoms with Crippen LogP contribution in [0.15, 0.2) is 0 Å². The van der Waals surface area contributed by atoms with Gasteiger partial charge in [0.2, 0.25) is 0 Å². The second-order valence-electron chi connectivity index (χ2n) is 7.36. The Kier molecular flexibility index (Phi) is 3.86. The molecule has 1 saturated heterocycles. The van der Waals surface area contributed by atoms with Crippen LogP contribution >= 0.6 is 0 Å². The van der Waals surface area contributed by atoms with E-state index < -0.39 is 0 Å². The molecule has 0 aliphatic carbocycles. The molecule has 0 aromatic rings. The highest BCUT2D eigenvalue weighted by molar-refractivity contribution is 4.85. The first-order valence-electron chi connectivity index (χ1n) is 6.28. The summed E-state index contributed by atoms with van der Waals surface area (Å²) in [7, 11) is 0. The summed E-state index contributed by atoms with van der Waals surface area (Å²) in [6.07, 6.45) is 2.53. The zero-order chi connectivity index (χ0) is 11.7. The summed E-state index contributed by atoms with van der Waals surface area (Å²) in [4.78, 5) is 0. The van der Waals surface area contributed by atoms with Gasteiger partial charge in [0, 0.05) is 13.2 Å². The van der Waals surface area contributed by atoms with Crippen molar-refractivity contribution in [3.8, 4) is 0 Å². The third kappa shape index (κ3) is 4.14. The molecule has 1 aliphatic heterocycles. The molecule has 1 fully saturated rings. The Labute approximate surface area is 95.6 Å². The zero-order valence-electron chi connectivity index (χ0n) is 11.4. The maximum atomic E-state index is 5.65. The Bertz CT molecular complexity index is 194. The van der Waals surface area contributed by atoms with Crippen molar-refractivity contribution < 1.29 is 4.74 Å². The van der Waals surface area contributed by atoms with E-state index in [1.807, 2.05) is 0 Å². The van der Waals surface area contributed by atoms with Crippen LogP contribution in [0.5, 0.6) is 0 Å². The number of ether oxygens (including phenoxy) is 1. The highest BCUT2D eigenvalue weighted by atomic mass is 16.5. The Hall–Kier alpha value is -0.0400. The molecule has 0 aromatic carbocycles. The van der Waals surface area contributed by atoms with Crippen LogP contribution in [0, 0.1) is 22.7 Å². The zero-order valence-corrected chi connectivity index (χ0v) is 11.4. The van der Waals surface area contributed by atoms with Crippen LogP contribution in [-0.4, -0.2) is 13.2 Å². The number of rotatable bonds is 1. The lowest BCUT2D eigenvalue weighted by atomic mass is 9.67. The number of hydrogen-bond donors (Lipinski definition) is 0. The maximum absolute atomic E-state index is 5.65. The van der Waals surface area contributed by atoms with Gasteiger partial charge in [-0.2, -0.15) is 0 Å². The Morgan fingerprint density at radius 3 is 2.13 bits per heavy atom. The number of hydrogen-bond acceptors (Lipinski definition) is 1. The van der Waals surface area contributed by atoms with Crippen molar-refractivity contribution in [1.82, 2.24) is 0 Å². The van der Waals surface area contributed by atoms with Crippen LogP contribution < -0.4 is 0 Å². The Morgan fingerprint density at radius 2 is 1.67 bits per heavy atom. The summed E-state index contributed by atoms with van der Waals surface area (Å²) in [6.45, 7) is 16.1. The van der Waals surface area contributed by atoms with Crippen molar-refractivity contribution in [3.05, 3.63) is 0 Å². The van der Waals surface area contributed by atoms with Gasteiger partial charge in [0.05, 0.1) is 0 Å². The summed E-state index contributed by atoms with van der Waals surface area (Å²) in [6, 6.07) is 0. The van der Waals surface area contributed by atoms with E-state index in [0.29, 0.717) is 10.8 Å². The third-order valence-corrected chi connectivity index (χ3v) is 3.46. The van der Waals surface area contributed by atoms with Gasteiger partial charge in [-0.3, -0.25) is 0 Å². The minimum absolute atomic E-state index is 0.425. The maximum Gasteiger partial charge on any atom is 0.0497 e. The normalized spacial score (nSPS) is 29.2. The predicted molar refractivity (Wildman–Crippen MR) is 65.9 cm³/mol. The van der Waals surface area contributed by atoms with Gasteiger partial charge in [0.25, 0.3) is 0 Å². The molecule has 0 aromatic heterocycles. The fourth-order valence-corrected chi connectivity index (χ4v) is 2.92. The largest absolute Gasteiger partial charge is 0.381 e. The summed E-state index contributed by atoms with van der Waals surface area (Å²) < 4.78 is 5.65. The van der Waals surface area contributed by atoms with Crippen molar-refractivity contribution in [1.29, 1.82) is 0 Å². The van der Waals surface area contributed by atoms with Crippen molar-refractivity contribution in [3.63, 3.8) is 0 Å². The Morgan fingerprint density at radius 1 is 1.07 bits per heavy atom. The Balaban J connectivity index is 2.66. The summed E-state index contributed by atoms with van der Waals surface area (Å²) in [5.74, 6) is 1.57. The topological polar surface area (TPSA) is 9.23 Å². The molecule has 90 valence electrons. The van der Waals surface area contributed by atoms with Gasteiger partial charge in [0.1, 0.15) is 0 Å². The van der Waals surface area contributed by atoms with Crippen molar-refractivity contribution in [2.75, 3.05) is 13.2 Å². The van der Waals surface area contributed by atoms with Gasteiger partial charge < -0.3 is 4.74 Å². The van der Waals surface area contributed by atoms with E-state index in [0.717, 1.165) is 25.0 Å². The molecule has 15 heavy (non-hydrogen) atoms. The van der Waals surface area contributed by atoms with Gasteiger partial charge in [0.15, 0.2) is 0 Å². The quantitative estimate of drug-likeness (QED) is 0.635. The molecule has 2 atom stereocenters. The molecule has 0 bridgehead atoms. The monoisotopic (exact) mass is 212 g/mol. The van der Waals surface area contributed by atoms with E-state index in [2.05, 4.69) is 41.5 Å². The molecule has 1 heteroatoms. The average molecular weight is 212 g/mol. The van der Waals surface area contributed by atoms with E-state index in [1.165, 1.54) is 12.8 Å². The summed E-state index contributed by atoms with van der Waals surface area (Å²) in [5.41, 5.74) is 0.856. The van der Waals surface area contributed by atoms with Crippen LogP contribution in [0.1, 0.15) is 54.4 Å². The van der Waals surface area contributed by atoms with Crippen LogP contribution in [-0.2, 0) is 4.74 Å². The van der Waals surface area contributed by atoms with E-state index in [4.69, 9.17) is 4.74 Å². The molecule has 1 aliphatic rings. The van der Waals surface area contributed by atoms with Crippen LogP contribution in [0.2, 0.25) is 0 Å². The lowest BCUT2D eigenvalue weighted by Gasteiger charge is -2.42. The SMILES string of the molecule is CC(C)(C)CC1COCCC1C(C)(C)C. The molecule has 1 heterocycles. The van der Waals surface area contributed by atoms with Gasteiger partial charge in [-0.15, -0.1) is 0 Å². The van der Waals surface area contributed by atoms with E-state index in [-0.39, 0.29) is 0 Å². The predicted octanol–water partition coefficient (Wildman–Crippen LogP) is 4.12. The second-order valence-corrected chi connectivity index (χ2v) is 7.36. The summed E-state index contributed by atoms with van der Waals surface area (Å²) in [5, 5.41) is 0. The van der Waals surface area contributed by atoms with Gasteiger partial charge in [-0.1, -0.05) is 41.5 Å². The summed E-state index contributed by atoms with van der Waals surface area (Å²) >= 11 is 0. The molecule has 2 unspecified atom stereocenters. The van der Waals surface area contributed by atoms with Gasteiger partial charge in [-0.05, 0) is 35.5 Å². The first kappa shape index (κ1) is 13.0. The van der Waals surface area contributed by atoms with Crippen LogP contribution in [0.25, 0.3) is 0 Å². The first-order chi connectivity index (χ1) is 6.70. The highest BCUT2D eigenvalue weighted by Gasteiger charge is 2.36. The van der Waals surface area contributed by atoms with Gasteiger partial charge >= 0.3 is 0 Å². The molecule has 0 saturated carbocycles. The average Bonchev–Trinajstić information content (AvgIpc) is 1.99. The van der Waals surface area contributed by atoms with Gasteiger partial charge in [-0.25, -0.2) is 0 Å². The van der Waals surface area contributed by atoms with Crippen molar-refractivity contribution in [2.45, 2.75) is 54.4 Å². The minimum atomic E-state index is 0.425. The third-order valence-electron chi connectivity index (χ3n) is 3.46. The molecule has 1 rings (SSSR count). The molecular weight excluding hydrogens is 184 g/mol. The standard InChI is InChI=1S/C14H28O/c1-13(2,3)9-11-10-15-8-7-12(11)14(4,5)6/h11-12H,7-10H2,1-6H3. The molecule has 0 spiro atoms. The van der Waals surface area contributed by atoms with Crippen molar-refractivity contribution in [2.24, 2.45) is 22.7 Å².